The lowest BCUT2D eigenvalue weighted by Crippen LogP contribution is -2.45. The van der Waals surface area contributed by atoms with Crippen molar-refractivity contribution >= 4 is 6.08 Å². The van der Waals surface area contributed by atoms with E-state index in [1.54, 1.807) is 18.9 Å². The summed E-state index contributed by atoms with van der Waals surface area (Å²) in [5.74, 6) is 0. The van der Waals surface area contributed by atoms with Crippen molar-refractivity contribution in [2.75, 3.05) is 6.54 Å². The Bertz CT molecular complexity index is 453. The fourth-order valence-corrected chi connectivity index (χ4v) is 6.85. The Hall–Kier alpha value is -0.620. The summed E-state index contributed by atoms with van der Waals surface area (Å²) in [7, 11) is 0. The van der Waals surface area contributed by atoms with Crippen molar-refractivity contribution in [3.05, 3.63) is 0 Å². The molecule has 0 amide bonds. The molecule has 0 aromatic carbocycles. The van der Waals surface area contributed by atoms with E-state index in [1.807, 2.05) is 0 Å². The summed E-state index contributed by atoms with van der Waals surface area (Å²) in [5.41, 5.74) is 1.38. The van der Waals surface area contributed by atoms with Gasteiger partial charge in [0.05, 0.1) is 6.54 Å². The number of hydrogen-bond donors (Lipinski definition) is 0. The number of rotatable bonds is 15. The molecule has 0 N–H and O–H groups in total. The molecule has 2 saturated carbocycles. The SMILES string of the molecule is CCCCCC1(C2(CCCCCCCCCN=C=O)CCCCC2)CCCCC1. The van der Waals surface area contributed by atoms with Crippen LogP contribution >= 0.6 is 0 Å². The second-order valence-electron chi connectivity index (χ2n) is 10.3. The van der Waals surface area contributed by atoms with Crippen LogP contribution < -0.4 is 0 Å². The monoisotopic (exact) mass is 403 g/mol. The molecule has 2 heteroatoms. The highest BCUT2D eigenvalue weighted by Crippen LogP contribution is 2.61. The van der Waals surface area contributed by atoms with Crippen molar-refractivity contribution in [3.8, 4) is 0 Å². The predicted molar refractivity (Wildman–Crippen MR) is 125 cm³/mol. The van der Waals surface area contributed by atoms with Crippen LogP contribution in [0.25, 0.3) is 0 Å². The maximum Gasteiger partial charge on any atom is 0.234 e. The first-order valence-corrected chi connectivity index (χ1v) is 13.3. The maximum atomic E-state index is 10.1. The molecule has 0 saturated heterocycles. The first kappa shape index (κ1) is 24.6. The van der Waals surface area contributed by atoms with Crippen LogP contribution in [-0.2, 0) is 4.79 Å². The van der Waals surface area contributed by atoms with Crippen LogP contribution in [0.3, 0.4) is 0 Å². The number of carbonyl (C=O) groups excluding carboxylic acids is 1. The fraction of sp³-hybridized carbons (Fsp3) is 0.963. The normalized spacial score (nSPS) is 20.9. The summed E-state index contributed by atoms with van der Waals surface area (Å²) in [6, 6.07) is 0. The van der Waals surface area contributed by atoms with E-state index >= 15 is 0 Å². The van der Waals surface area contributed by atoms with Crippen molar-refractivity contribution in [1.29, 1.82) is 0 Å². The van der Waals surface area contributed by atoms with E-state index in [0.717, 1.165) is 6.42 Å². The van der Waals surface area contributed by atoms with Crippen molar-refractivity contribution in [3.63, 3.8) is 0 Å². The molecule has 2 aliphatic rings. The molecule has 2 nitrogen and oxygen atoms in total. The van der Waals surface area contributed by atoms with Gasteiger partial charge in [-0.1, -0.05) is 103 Å². The van der Waals surface area contributed by atoms with Gasteiger partial charge in [0.25, 0.3) is 0 Å². The molecule has 0 heterocycles. The molecule has 168 valence electrons. The molecular weight excluding hydrogens is 354 g/mol. The molecule has 29 heavy (non-hydrogen) atoms. The third kappa shape index (κ3) is 7.86. The highest BCUT2D eigenvalue weighted by molar-refractivity contribution is 5.32. The molecule has 0 atom stereocenters. The lowest BCUT2D eigenvalue weighted by Gasteiger charge is -2.56. The van der Waals surface area contributed by atoms with Gasteiger partial charge in [-0.05, 0) is 55.8 Å². The zero-order valence-corrected chi connectivity index (χ0v) is 19.6. The van der Waals surface area contributed by atoms with Gasteiger partial charge in [0.1, 0.15) is 0 Å². The summed E-state index contributed by atoms with van der Waals surface area (Å²) in [5, 5.41) is 0. The van der Waals surface area contributed by atoms with Crippen molar-refractivity contribution in [1.82, 2.24) is 0 Å². The Morgan fingerprint density at radius 3 is 1.55 bits per heavy atom. The Balaban J connectivity index is 1.82. The first-order chi connectivity index (χ1) is 14.3. The van der Waals surface area contributed by atoms with Gasteiger partial charge in [0.2, 0.25) is 6.08 Å². The number of aliphatic imine (C=N–C) groups is 1. The minimum absolute atomic E-state index is 0.673. The number of unbranched alkanes of at least 4 members (excludes halogenated alkanes) is 8. The maximum absolute atomic E-state index is 10.1. The van der Waals surface area contributed by atoms with Gasteiger partial charge >= 0.3 is 0 Å². The lowest BCUT2D eigenvalue weighted by molar-refractivity contribution is -0.0515. The summed E-state index contributed by atoms with van der Waals surface area (Å²) in [6.45, 7) is 3.03. The van der Waals surface area contributed by atoms with Gasteiger partial charge in [0, 0.05) is 0 Å². The van der Waals surface area contributed by atoms with Gasteiger partial charge < -0.3 is 0 Å². The van der Waals surface area contributed by atoms with Gasteiger partial charge in [-0.3, -0.25) is 0 Å². The highest BCUT2D eigenvalue weighted by Gasteiger charge is 2.50. The van der Waals surface area contributed by atoms with Gasteiger partial charge in [-0.2, -0.15) is 0 Å². The summed E-state index contributed by atoms with van der Waals surface area (Å²) in [4.78, 5) is 13.7. The topological polar surface area (TPSA) is 29.4 Å². The van der Waals surface area contributed by atoms with Crippen LogP contribution in [0.2, 0.25) is 0 Å². The molecule has 0 aromatic heterocycles. The van der Waals surface area contributed by atoms with Gasteiger partial charge in [-0.15, -0.1) is 0 Å². The molecule has 0 radical (unpaired) electrons. The van der Waals surface area contributed by atoms with Crippen LogP contribution in [0.5, 0.6) is 0 Å². The van der Waals surface area contributed by atoms with Crippen molar-refractivity contribution < 1.29 is 4.79 Å². The molecule has 0 aliphatic heterocycles. The first-order valence-electron chi connectivity index (χ1n) is 13.3. The third-order valence-electron chi connectivity index (χ3n) is 8.50. The smallest absolute Gasteiger partial charge is 0.211 e. The minimum Gasteiger partial charge on any atom is -0.211 e. The van der Waals surface area contributed by atoms with Crippen molar-refractivity contribution in [2.45, 2.75) is 148 Å². The average Bonchev–Trinajstić information content (AvgIpc) is 2.76. The van der Waals surface area contributed by atoms with Crippen LogP contribution in [0, 0.1) is 10.8 Å². The summed E-state index contributed by atoms with van der Waals surface area (Å²) in [6.07, 6.45) is 33.3. The van der Waals surface area contributed by atoms with Crippen LogP contribution in [0.4, 0.5) is 0 Å². The predicted octanol–water partition coefficient (Wildman–Crippen LogP) is 8.92. The molecule has 0 bridgehead atoms. The zero-order valence-electron chi connectivity index (χ0n) is 19.6. The van der Waals surface area contributed by atoms with E-state index in [1.165, 1.54) is 122 Å². The summed E-state index contributed by atoms with van der Waals surface area (Å²) < 4.78 is 0. The van der Waals surface area contributed by atoms with E-state index in [-0.39, 0.29) is 0 Å². The van der Waals surface area contributed by atoms with E-state index in [2.05, 4.69) is 11.9 Å². The van der Waals surface area contributed by atoms with Crippen LogP contribution in [0.1, 0.15) is 148 Å². The largest absolute Gasteiger partial charge is 0.234 e. The third-order valence-corrected chi connectivity index (χ3v) is 8.50. The number of hydrogen-bond acceptors (Lipinski definition) is 2. The summed E-state index contributed by atoms with van der Waals surface area (Å²) >= 11 is 0. The Morgan fingerprint density at radius 2 is 1.07 bits per heavy atom. The standard InChI is InChI=1S/C27H49NO/c1-2-3-11-18-26(20-13-9-14-21-26)27(22-15-10-16-23-27)19-12-7-5-4-6-8-17-24-28-25-29/h2-24H2,1H3. The molecule has 0 aromatic rings. The van der Waals surface area contributed by atoms with Gasteiger partial charge in [-0.25, -0.2) is 9.79 Å². The Kier molecular flexibility index (Phi) is 12.2. The van der Waals surface area contributed by atoms with Gasteiger partial charge in [0.15, 0.2) is 0 Å². The quantitative estimate of drug-likeness (QED) is 0.152. The minimum atomic E-state index is 0.673. The molecule has 0 spiro atoms. The average molecular weight is 404 g/mol. The zero-order chi connectivity index (χ0) is 20.7. The Labute approximate surface area is 181 Å². The molecular formula is C27H49NO. The van der Waals surface area contributed by atoms with E-state index < -0.39 is 0 Å². The Morgan fingerprint density at radius 1 is 0.621 bits per heavy atom. The molecule has 2 rings (SSSR count). The van der Waals surface area contributed by atoms with Crippen molar-refractivity contribution in [2.24, 2.45) is 15.8 Å². The molecule has 0 unspecified atom stereocenters. The number of nitrogens with zero attached hydrogens (tertiary/aromatic N) is 1. The van der Waals surface area contributed by atoms with E-state index in [4.69, 9.17) is 0 Å². The number of isocyanates is 1. The van der Waals surface area contributed by atoms with E-state index in [9.17, 15) is 4.79 Å². The molecule has 2 fully saturated rings. The van der Waals surface area contributed by atoms with Crippen LogP contribution in [0.15, 0.2) is 4.99 Å². The lowest BCUT2D eigenvalue weighted by atomic mass is 9.49. The second kappa shape index (κ2) is 14.4. The second-order valence-corrected chi connectivity index (χ2v) is 10.3. The van der Waals surface area contributed by atoms with Crippen LogP contribution in [-0.4, -0.2) is 12.6 Å². The van der Waals surface area contributed by atoms with E-state index in [0.29, 0.717) is 17.4 Å². The fourth-order valence-electron chi connectivity index (χ4n) is 6.85. The molecule has 2 aliphatic carbocycles. The highest BCUT2D eigenvalue weighted by atomic mass is 16.1.